The van der Waals surface area contributed by atoms with E-state index in [0.717, 1.165) is 5.56 Å². The molecule has 24 heavy (non-hydrogen) atoms. The van der Waals surface area contributed by atoms with Gasteiger partial charge < -0.3 is 9.47 Å². The number of carbonyl (C=O) groups excluding carboxylic acids is 2. The van der Waals surface area contributed by atoms with Crippen LogP contribution in [0.25, 0.3) is 0 Å². The highest BCUT2D eigenvalue weighted by atomic mass is 16.5. The number of methoxy groups -OCH3 is 1. The van der Waals surface area contributed by atoms with E-state index in [-0.39, 0.29) is 11.8 Å². The maximum atomic E-state index is 12.5. The van der Waals surface area contributed by atoms with Crippen molar-refractivity contribution in [3.8, 4) is 0 Å². The average molecular weight is 326 g/mol. The van der Waals surface area contributed by atoms with E-state index >= 15 is 0 Å². The van der Waals surface area contributed by atoms with E-state index in [9.17, 15) is 9.59 Å². The molecule has 0 saturated carbocycles. The summed E-state index contributed by atoms with van der Waals surface area (Å²) in [6, 6.07) is 16.2. The van der Waals surface area contributed by atoms with Crippen molar-refractivity contribution in [3.05, 3.63) is 71.3 Å². The van der Waals surface area contributed by atoms with E-state index in [4.69, 9.17) is 9.47 Å². The number of hydrogen-bond acceptors (Lipinski definition) is 4. The van der Waals surface area contributed by atoms with Gasteiger partial charge in [0.15, 0.2) is 5.78 Å². The Morgan fingerprint density at radius 1 is 0.958 bits per heavy atom. The molecule has 0 bridgehead atoms. The molecule has 0 radical (unpaired) electrons. The highest BCUT2D eigenvalue weighted by Crippen LogP contribution is 2.20. The van der Waals surface area contributed by atoms with E-state index in [2.05, 4.69) is 0 Å². The summed E-state index contributed by atoms with van der Waals surface area (Å²) in [7, 11) is 1.61. The molecule has 0 heterocycles. The molecule has 0 N–H and O–H groups in total. The standard InChI is InChI=1S/C20H22O4/c1-15(20(22)24-13-7-12-23-2)17-10-6-11-18(14-17)19(21)16-8-4-3-5-9-16/h3-6,8-11,14-15H,7,12-13H2,1-2H3/t15-/m0/s1. The van der Waals surface area contributed by atoms with Crippen molar-refractivity contribution < 1.29 is 19.1 Å². The summed E-state index contributed by atoms with van der Waals surface area (Å²) in [6.07, 6.45) is 0.668. The fraction of sp³-hybridized carbons (Fsp3) is 0.300. The smallest absolute Gasteiger partial charge is 0.313 e. The van der Waals surface area contributed by atoms with E-state index in [1.165, 1.54) is 0 Å². The molecule has 2 rings (SSSR count). The second-order valence-electron chi connectivity index (χ2n) is 5.56. The van der Waals surface area contributed by atoms with Gasteiger partial charge in [0.2, 0.25) is 0 Å². The first kappa shape index (κ1) is 17.9. The fourth-order valence-electron chi connectivity index (χ4n) is 2.34. The van der Waals surface area contributed by atoms with Crippen molar-refractivity contribution in [1.29, 1.82) is 0 Å². The minimum absolute atomic E-state index is 0.0573. The second kappa shape index (κ2) is 8.99. The van der Waals surface area contributed by atoms with E-state index in [0.29, 0.717) is 30.8 Å². The summed E-state index contributed by atoms with van der Waals surface area (Å²) in [5.74, 6) is -0.774. The van der Waals surface area contributed by atoms with Crippen LogP contribution in [0.3, 0.4) is 0 Å². The third-order valence-corrected chi connectivity index (χ3v) is 3.78. The van der Waals surface area contributed by atoms with Crippen LogP contribution in [0.1, 0.15) is 40.7 Å². The number of carbonyl (C=O) groups is 2. The molecular weight excluding hydrogens is 304 g/mol. The van der Waals surface area contributed by atoms with Gasteiger partial charge in [-0.3, -0.25) is 9.59 Å². The Hall–Kier alpha value is -2.46. The second-order valence-corrected chi connectivity index (χ2v) is 5.56. The number of ketones is 1. The average Bonchev–Trinajstić information content (AvgIpc) is 2.64. The SMILES string of the molecule is COCCCOC(=O)[C@@H](C)c1cccc(C(=O)c2ccccc2)c1. The van der Waals surface area contributed by atoms with Crippen LogP contribution in [-0.4, -0.2) is 32.1 Å². The van der Waals surface area contributed by atoms with Gasteiger partial charge in [-0.2, -0.15) is 0 Å². The van der Waals surface area contributed by atoms with Crippen LogP contribution in [0.15, 0.2) is 54.6 Å². The van der Waals surface area contributed by atoms with Gasteiger partial charge in [-0.05, 0) is 18.6 Å². The van der Waals surface area contributed by atoms with Crippen molar-refractivity contribution in [2.45, 2.75) is 19.3 Å². The Morgan fingerprint density at radius 2 is 1.67 bits per heavy atom. The van der Waals surface area contributed by atoms with Crippen LogP contribution in [0.2, 0.25) is 0 Å². The predicted octanol–water partition coefficient (Wildman–Crippen LogP) is 3.60. The van der Waals surface area contributed by atoms with Gasteiger partial charge in [-0.1, -0.05) is 48.5 Å². The summed E-state index contributed by atoms with van der Waals surface area (Å²) >= 11 is 0. The molecule has 4 heteroatoms. The largest absolute Gasteiger partial charge is 0.465 e. The Bertz CT molecular complexity index is 679. The Labute approximate surface area is 142 Å². The highest BCUT2D eigenvalue weighted by Gasteiger charge is 2.18. The summed E-state index contributed by atoms with van der Waals surface area (Å²) in [4.78, 5) is 24.6. The zero-order valence-electron chi connectivity index (χ0n) is 14.0. The van der Waals surface area contributed by atoms with Crippen molar-refractivity contribution in [2.24, 2.45) is 0 Å². The van der Waals surface area contributed by atoms with E-state index < -0.39 is 5.92 Å². The van der Waals surface area contributed by atoms with Gasteiger partial charge in [0.05, 0.1) is 12.5 Å². The molecule has 4 nitrogen and oxygen atoms in total. The molecule has 0 unspecified atom stereocenters. The first-order valence-corrected chi connectivity index (χ1v) is 7.98. The van der Waals surface area contributed by atoms with Crippen LogP contribution in [0.4, 0.5) is 0 Å². The van der Waals surface area contributed by atoms with Crippen molar-refractivity contribution in [2.75, 3.05) is 20.3 Å². The zero-order valence-corrected chi connectivity index (χ0v) is 14.0. The molecular formula is C20H22O4. The molecule has 1 atom stereocenters. The molecule has 0 aromatic heterocycles. The number of benzene rings is 2. The minimum Gasteiger partial charge on any atom is -0.465 e. The molecule has 0 aliphatic rings. The molecule has 2 aromatic rings. The first-order chi connectivity index (χ1) is 11.6. The molecule has 0 aliphatic heterocycles. The summed E-state index contributed by atoms with van der Waals surface area (Å²) in [5, 5.41) is 0. The minimum atomic E-state index is -0.420. The summed E-state index contributed by atoms with van der Waals surface area (Å²) in [5.41, 5.74) is 1.97. The van der Waals surface area contributed by atoms with Crippen molar-refractivity contribution in [3.63, 3.8) is 0 Å². The molecule has 126 valence electrons. The molecule has 0 fully saturated rings. The molecule has 0 amide bonds. The van der Waals surface area contributed by atoms with E-state index in [1.54, 1.807) is 44.4 Å². The lowest BCUT2D eigenvalue weighted by Gasteiger charge is -2.13. The first-order valence-electron chi connectivity index (χ1n) is 7.98. The number of esters is 1. The molecule has 2 aromatic carbocycles. The third kappa shape index (κ3) is 4.77. The van der Waals surface area contributed by atoms with Gasteiger partial charge in [0, 0.05) is 31.3 Å². The maximum Gasteiger partial charge on any atom is 0.313 e. The quantitative estimate of drug-likeness (QED) is 0.422. The maximum absolute atomic E-state index is 12.5. The van der Waals surface area contributed by atoms with Crippen LogP contribution in [-0.2, 0) is 14.3 Å². The molecule has 0 saturated heterocycles. The van der Waals surface area contributed by atoms with Crippen LogP contribution in [0, 0.1) is 0 Å². The molecule has 0 aliphatic carbocycles. The normalized spacial score (nSPS) is 11.8. The van der Waals surface area contributed by atoms with Crippen LogP contribution < -0.4 is 0 Å². The summed E-state index contributed by atoms with van der Waals surface area (Å²) < 4.78 is 10.2. The third-order valence-electron chi connectivity index (χ3n) is 3.78. The topological polar surface area (TPSA) is 52.6 Å². The van der Waals surface area contributed by atoms with Gasteiger partial charge >= 0.3 is 5.97 Å². The number of rotatable bonds is 8. The Balaban J connectivity index is 2.06. The van der Waals surface area contributed by atoms with E-state index in [1.807, 2.05) is 24.3 Å². The zero-order chi connectivity index (χ0) is 17.4. The fourth-order valence-corrected chi connectivity index (χ4v) is 2.34. The Kier molecular flexibility index (Phi) is 6.70. The van der Waals surface area contributed by atoms with Gasteiger partial charge in [-0.25, -0.2) is 0 Å². The lowest BCUT2D eigenvalue weighted by Crippen LogP contribution is -2.15. The monoisotopic (exact) mass is 326 g/mol. The lowest BCUT2D eigenvalue weighted by atomic mass is 9.96. The van der Waals surface area contributed by atoms with Crippen LogP contribution >= 0.6 is 0 Å². The molecule has 0 spiro atoms. The van der Waals surface area contributed by atoms with Crippen molar-refractivity contribution in [1.82, 2.24) is 0 Å². The highest BCUT2D eigenvalue weighted by molar-refractivity contribution is 6.09. The number of ether oxygens (including phenoxy) is 2. The number of hydrogen-bond donors (Lipinski definition) is 0. The van der Waals surface area contributed by atoms with Crippen molar-refractivity contribution >= 4 is 11.8 Å². The summed E-state index contributed by atoms with van der Waals surface area (Å²) in [6.45, 7) is 2.67. The Morgan fingerprint density at radius 3 is 2.38 bits per heavy atom. The van der Waals surface area contributed by atoms with Crippen LogP contribution in [0.5, 0.6) is 0 Å². The van der Waals surface area contributed by atoms with Gasteiger partial charge in [0.25, 0.3) is 0 Å². The predicted molar refractivity (Wildman–Crippen MR) is 92.2 cm³/mol. The van der Waals surface area contributed by atoms with Gasteiger partial charge in [-0.15, -0.1) is 0 Å². The van der Waals surface area contributed by atoms with Gasteiger partial charge in [0.1, 0.15) is 0 Å². The lowest BCUT2D eigenvalue weighted by molar-refractivity contribution is -0.145.